The predicted octanol–water partition coefficient (Wildman–Crippen LogP) is 6.60. The molecule has 148 valence electrons. The average molecular weight is 379 g/mol. The Kier molecular flexibility index (Phi) is 5.64. The van der Waals surface area contributed by atoms with Crippen LogP contribution >= 0.6 is 0 Å². The van der Waals surface area contributed by atoms with E-state index in [-0.39, 0.29) is 11.5 Å². The van der Waals surface area contributed by atoms with Gasteiger partial charge in [-0.3, -0.25) is 0 Å². The van der Waals surface area contributed by atoms with Gasteiger partial charge in [-0.1, -0.05) is 48.4 Å². The van der Waals surface area contributed by atoms with Crippen LogP contribution in [0.5, 0.6) is 5.75 Å². The molecule has 1 aromatic heterocycles. The van der Waals surface area contributed by atoms with Crippen molar-refractivity contribution in [2.75, 3.05) is 0 Å². The lowest BCUT2D eigenvalue weighted by atomic mass is 9.87. The zero-order valence-electron chi connectivity index (χ0n) is 17.8. The molecule has 3 nitrogen and oxygen atoms in total. The number of hydrogen-bond acceptors (Lipinski definition) is 3. The maximum atomic E-state index is 12.6. The molecule has 2 aromatic rings. The summed E-state index contributed by atoms with van der Waals surface area (Å²) in [5.41, 5.74) is 4.06. The number of rotatable bonds is 5. The molecule has 3 rings (SSSR count). The van der Waals surface area contributed by atoms with Gasteiger partial charge in [0.15, 0.2) is 0 Å². The number of ether oxygens (including phenoxy) is 1. The molecule has 0 N–H and O–H groups in total. The molecule has 0 amide bonds. The third-order valence-corrected chi connectivity index (χ3v) is 5.64. The van der Waals surface area contributed by atoms with E-state index in [0.717, 1.165) is 23.8 Å². The number of benzene rings is 1. The van der Waals surface area contributed by atoms with Crippen LogP contribution in [0.25, 0.3) is 11.0 Å². The van der Waals surface area contributed by atoms with E-state index < -0.39 is 5.60 Å². The SMILES string of the molecule is CC(C)=CCCC(C)=CC=CC1(C)Oc2c(c(=O)oc3cccc(C)c23)C1C. The van der Waals surface area contributed by atoms with E-state index in [1.807, 2.05) is 39.0 Å². The number of fused-ring (bicyclic) bond motifs is 3. The second kappa shape index (κ2) is 7.83. The van der Waals surface area contributed by atoms with Crippen molar-refractivity contribution >= 4 is 11.0 Å². The standard InChI is InChI=1S/C25H30O3/c1-16(2)10-7-11-17(3)12-9-15-25(6)19(5)22-23(28-25)21-18(4)13-8-14-20(21)27-24(22)26/h8-10,12-15,19H,7,11H2,1-6H3. The number of aryl methyl sites for hydroxylation is 1. The molecule has 0 saturated carbocycles. The summed E-state index contributed by atoms with van der Waals surface area (Å²) in [4.78, 5) is 12.6. The molecule has 2 unspecified atom stereocenters. The highest BCUT2D eigenvalue weighted by Gasteiger charge is 2.43. The third kappa shape index (κ3) is 3.84. The lowest BCUT2D eigenvalue weighted by molar-refractivity contribution is 0.149. The average Bonchev–Trinajstić information content (AvgIpc) is 2.86. The maximum absolute atomic E-state index is 12.6. The molecule has 28 heavy (non-hydrogen) atoms. The van der Waals surface area contributed by atoms with Gasteiger partial charge in [-0.25, -0.2) is 4.79 Å². The Morgan fingerprint density at radius 3 is 2.71 bits per heavy atom. The van der Waals surface area contributed by atoms with Gasteiger partial charge in [0, 0.05) is 5.92 Å². The lowest BCUT2D eigenvalue weighted by Gasteiger charge is -2.24. The van der Waals surface area contributed by atoms with Crippen molar-refractivity contribution in [3.05, 3.63) is 75.2 Å². The van der Waals surface area contributed by atoms with Gasteiger partial charge in [-0.15, -0.1) is 0 Å². The van der Waals surface area contributed by atoms with Crippen LogP contribution in [0.4, 0.5) is 0 Å². The van der Waals surface area contributed by atoms with E-state index in [1.54, 1.807) is 0 Å². The minimum atomic E-state index is -0.579. The van der Waals surface area contributed by atoms with Gasteiger partial charge in [0.1, 0.15) is 16.9 Å². The zero-order chi connectivity index (χ0) is 20.5. The van der Waals surface area contributed by atoms with Gasteiger partial charge < -0.3 is 9.15 Å². The third-order valence-electron chi connectivity index (χ3n) is 5.64. The van der Waals surface area contributed by atoms with Crippen LogP contribution in [0.15, 0.2) is 62.9 Å². The van der Waals surface area contributed by atoms with Crippen molar-refractivity contribution < 1.29 is 9.15 Å². The van der Waals surface area contributed by atoms with Gasteiger partial charge in [-0.05, 0) is 65.2 Å². The second-order valence-electron chi connectivity index (χ2n) is 8.28. The zero-order valence-corrected chi connectivity index (χ0v) is 17.8. The van der Waals surface area contributed by atoms with Gasteiger partial charge in [-0.2, -0.15) is 0 Å². The molecule has 0 saturated heterocycles. The summed E-state index contributed by atoms with van der Waals surface area (Å²) in [6.07, 6.45) is 10.6. The first-order valence-corrected chi connectivity index (χ1v) is 9.96. The van der Waals surface area contributed by atoms with Gasteiger partial charge in [0.25, 0.3) is 0 Å². The van der Waals surface area contributed by atoms with Crippen LogP contribution < -0.4 is 10.4 Å². The number of allylic oxidation sites excluding steroid dienone is 5. The molecular weight excluding hydrogens is 348 g/mol. The van der Waals surface area contributed by atoms with E-state index >= 15 is 0 Å². The van der Waals surface area contributed by atoms with Crippen LogP contribution in [0.2, 0.25) is 0 Å². The lowest BCUT2D eigenvalue weighted by Crippen LogP contribution is -2.31. The van der Waals surface area contributed by atoms with Crippen molar-refractivity contribution in [1.29, 1.82) is 0 Å². The van der Waals surface area contributed by atoms with Crippen LogP contribution in [0, 0.1) is 6.92 Å². The molecule has 0 bridgehead atoms. The quantitative estimate of drug-likeness (QED) is 0.334. The van der Waals surface area contributed by atoms with Crippen molar-refractivity contribution in [3.63, 3.8) is 0 Å². The Balaban J connectivity index is 1.89. The molecule has 0 fully saturated rings. The molecule has 1 aliphatic heterocycles. The van der Waals surface area contributed by atoms with Crippen molar-refractivity contribution in [3.8, 4) is 5.75 Å². The summed E-state index contributed by atoms with van der Waals surface area (Å²) in [5, 5.41) is 0.898. The first-order chi connectivity index (χ1) is 13.2. The maximum Gasteiger partial charge on any atom is 0.343 e. The minimum Gasteiger partial charge on any atom is -0.481 e. The highest BCUT2D eigenvalue weighted by atomic mass is 16.5. The van der Waals surface area contributed by atoms with Gasteiger partial charge >= 0.3 is 5.63 Å². The fourth-order valence-corrected chi connectivity index (χ4v) is 3.73. The van der Waals surface area contributed by atoms with E-state index in [9.17, 15) is 4.79 Å². The summed E-state index contributed by atoms with van der Waals surface area (Å²) >= 11 is 0. The smallest absolute Gasteiger partial charge is 0.343 e. The Morgan fingerprint density at radius 2 is 2.00 bits per heavy atom. The normalized spacial score (nSPS) is 21.8. The molecule has 3 heteroatoms. The highest BCUT2D eigenvalue weighted by Crippen LogP contribution is 2.47. The summed E-state index contributed by atoms with van der Waals surface area (Å²) in [6.45, 7) is 12.5. The summed E-state index contributed by atoms with van der Waals surface area (Å²) < 4.78 is 12.0. The van der Waals surface area contributed by atoms with Crippen LogP contribution in [-0.4, -0.2) is 5.60 Å². The molecule has 1 aromatic carbocycles. The summed E-state index contributed by atoms with van der Waals surface area (Å²) in [7, 11) is 0. The van der Waals surface area contributed by atoms with Gasteiger partial charge in [0.05, 0.1) is 10.9 Å². The minimum absolute atomic E-state index is 0.0848. The van der Waals surface area contributed by atoms with Crippen LogP contribution in [-0.2, 0) is 0 Å². The van der Waals surface area contributed by atoms with Crippen molar-refractivity contribution in [1.82, 2.24) is 0 Å². The fourth-order valence-electron chi connectivity index (χ4n) is 3.73. The Hall–Kier alpha value is -2.55. The first-order valence-electron chi connectivity index (χ1n) is 9.96. The van der Waals surface area contributed by atoms with E-state index in [2.05, 4.69) is 45.1 Å². The second-order valence-corrected chi connectivity index (χ2v) is 8.28. The highest BCUT2D eigenvalue weighted by molar-refractivity contribution is 5.88. The monoisotopic (exact) mass is 378 g/mol. The molecule has 2 heterocycles. The topological polar surface area (TPSA) is 39.4 Å². The Labute approximate surface area is 167 Å². The van der Waals surface area contributed by atoms with Crippen LogP contribution in [0.3, 0.4) is 0 Å². The summed E-state index contributed by atoms with van der Waals surface area (Å²) in [5.74, 6) is 0.589. The Morgan fingerprint density at radius 1 is 1.25 bits per heavy atom. The van der Waals surface area contributed by atoms with Crippen molar-refractivity contribution in [2.45, 2.75) is 65.9 Å². The van der Waals surface area contributed by atoms with E-state index in [0.29, 0.717) is 16.9 Å². The van der Waals surface area contributed by atoms with Gasteiger partial charge in [0.2, 0.25) is 0 Å². The molecule has 0 aliphatic carbocycles. The molecule has 0 spiro atoms. The molecule has 2 atom stereocenters. The van der Waals surface area contributed by atoms with Crippen molar-refractivity contribution in [2.24, 2.45) is 0 Å². The largest absolute Gasteiger partial charge is 0.481 e. The predicted molar refractivity (Wildman–Crippen MR) is 116 cm³/mol. The summed E-state index contributed by atoms with van der Waals surface area (Å²) in [6, 6.07) is 5.73. The fraction of sp³-hybridized carbons (Fsp3) is 0.400. The molecule has 0 radical (unpaired) electrons. The van der Waals surface area contributed by atoms with Crippen LogP contribution in [0.1, 0.15) is 64.5 Å². The first kappa shape index (κ1) is 20.2. The van der Waals surface area contributed by atoms with E-state index in [4.69, 9.17) is 9.15 Å². The molecular formula is C25H30O3. The van der Waals surface area contributed by atoms with E-state index in [1.165, 1.54) is 11.1 Å². The Bertz CT molecular complexity index is 1030. The molecule has 1 aliphatic rings. The number of hydrogen-bond donors (Lipinski definition) is 0.